The molecule has 0 unspecified atom stereocenters. The second-order valence-electron chi connectivity index (χ2n) is 4.37. The van der Waals surface area contributed by atoms with Crippen molar-refractivity contribution in [2.75, 3.05) is 31.3 Å². The number of nitrogens with zero attached hydrogens (tertiary/aromatic N) is 4. The van der Waals surface area contributed by atoms with E-state index in [0.29, 0.717) is 0 Å². The van der Waals surface area contributed by atoms with Crippen molar-refractivity contribution in [3.05, 3.63) is 30.0 Å². The van der Waals surface area contributed by atoms with E-state index in [-0.39, 0.29) is 18.1 Å². The van der Waals surface area contributed by atoms with E-state index in [0.717, 1.165) is 11.4 Å². The first-order valence-electron chi connectivity index (χ1n) is 6.20. The molecule has 0 radical (unpaired) electrons. The van der Waals surface area contributed by atoms with Crippen molar-refractivity contribution in [2.24, 2.45) is 0 Å². The minimum absolute atomic E-state index is 0.0311. The fraction of sp³-hybridized carbons (Fsp3) is 0.308. The number of hydrogen-bond acceptors (Lipinski definition) is 6. The molecule has 106 valence electrons. The van der Waals surface area contributed by atoms with Crippen LogP contribution in [0.15, 0.2) is 24.3 Å². The molecular formula is C13H17N5O2. The Labute approximate surface area is 116 Å². The lowest BCUT2D eigenvalue weighted by molar-refractivity contribution is 0.0520. The number of benzene rings is 1. The third-order valence-corrected chi connectivity index (χ3v) is 2.78. The normalized spacial score (nSPS) is 10.3. The summed E-state index contributed by atoms with van der Waals surface area (Å²) in [6.45, 7) is 1.99. The standard InChI is InChI=1S/C13H17N5O2/c1-4-20-13(19)11-12(14)18(16-15-11)10-7-5-9(6-8-10)17(2)3/h5-8H,4,14H2,1-3H3. The smallest absolute Gasteiger partial charge is 0.362 e. The maximum atomic E-state index is 11.6. The number of carbonyl (C=O) groups excluding carboxylic acids is 1. The molecule has 0 saturated heterocycles. The molecule has 20 heavy (non-hydrogen) atoms. The van der Waals surface area contributed by atoms with Gasteiger partial charge in [0.15, 0.2) is 5.82 Å². The van der Waals surface area contributed by atoms with Gasteiger partial charge in [0.25, 0.3) is 0 Å². The van der Waals surface area contributed by atoms with Gasteiger partial charge in [0.2, 0.25) is 5.69 Å². The second kappa shape index (κ2) is 5.60. The lowest BCUT2D eigenvalue weighted by Gasteiger charge is -2.12. The topological polar surface area (TPSA) is 86.3 Å². The van der Waals surface area contributed by atoms with Crippen LogP contribution in [0.25, 0.3) is 5.69 Å². The molecular weight excluding hydrogens is 258 g/mol. The van der Waals surface area contributed by atoms with Crippen molar-refractivity contribution in [3.8, 4) is 5.69 Å². The number of carbonyl (C=O) groups is 1. The van der Waals surface area contributed by atoms with Gasteiger partial charge in [-0.15, -0.1) is 5.10 Å². The zero-order valence-electron chi connectivity index (χ0n) is 11.7. The number of nitrogens with two attached hydrogens (primary N) is 1. The van der Waals surface area contributed by atoms with Gasteiger partial charge in [-0.3, -0.25) is 0 Å². The van der Waals surface area contributed by atoms with Crippen LogP contribution in [-0.4, -0.2) is 41.7 Å². The maximum absolute atomic E-state index is 11.6. The summed E-state index contributed by atoms with van der Waals surface area (Å²) >= 11 is 0. The van der Waals surface area contributed by atoms with Gasteiger partial charge in [-0.05, 0) is 31.2 Å². The predicted octanol–water partition coefficient (Wildman–Crippen LogP) is 1.09. The van der Waals surface area contributed by atoms with Crippen molar-refractivity contribution in [1.29, 1.82) is 0 Å². The lowest BCUT2D eigenvalue weighted by Crippen LogP contribution is -2.10. The molecule has 7 nitrogen and oxygen atoms in total. The average molecular weight is 275 g/mol. The van der Waals surface area contributed by atoms with Crippen LogP contribution < -0.4 is 10.6 Å². The number of hydrogen-bond donors (Lipinski definition) is 1. The van der Waals surface area contributed by atoms with E-state index in [1.807, 2.05) is 43.3 Å². The minimum atomic E-state index is -0.568. The van der Waals surface area contributed by atoms with Gasteiger partial charge in [0.1, 0.15) is 0 Å². The van der Waals surface area contributed by atoms with Crippen molar-refractivity contribution in [1.82, 2.24) is 15.0 Å². The summed E-state index contributed by atoms with van der Waals surface area (Å²) < 4.78 is 6.28. The van der Waals surface area contributed by atoms with E-state index >= 15 is 0 Å². The number of nitrogen functional groups attached to an aromatic ring is 1. The SMILES string of the molecule is CCOC(=O)c1nnn(-c2ccc(N(C)C)cc2)c1N. The first-order chi connectivity index (χ1) is 9.54. The number of ether oxygens (including phenoxy) is 1. The van der Waals surface area contributed by atoms with Crippen molar-refractivity contribution in [3.63, 3.8) is 0 Å². The Kier molecular flexibility index (Phi) is 3.88. The van der Waals surface area contributed by atoms with E-state index in [1.54, 1.807) is 6.92 Å². The minimum Gasteiger partial charge on any atom is -0.461 e. The molecule has 0 atom stereocenters. The molecule has 0 saturated carbocycles. The molecule has 0 bridgehead atoms. The van der Waals surface area contributed by atoms with Gasteiger partial charge in [0, 0.05) is 19.8 Å². The Bertz CT molecular complexity index is 604. The Morgan fingerprint density at radius 3 is 2.55 bits per heavy atom. The first kappa shape index (κ1) is 13.9. The predicted molar refractivity (Wildman–Crippen MR) is 76.1 cm³/mol. The van der Waals surface area contributed by atoms with Crippen LogP contribution in [-0.2, 0) is 4.74 Å². The van der Waals surface area contributed by atoms with Crippen LogP contribution >= 0.6 is 0 Å². The fourth-order valence-electron chi connectivity index (χ4n) is 1.72. The highest BCUT2D eigenvalue weighted by atomic mass is 16.5. The first-order valence-corrected chi connectivity index (χ1v) is 6.20. The second-order valence-corrected chi connectivity index (χ2v) is 4.37. The quantitative estimate of drug-likeness (QED) is 0.841. The molecule has 0 spiro atoms. The van der Waals surface area contributed by atoms with Gasteiger partial charge >= 0.3 is 5.97 Å². The largest absolute Gasteiger partial charge is 0.461 e. The molecule has 0 aliphatic heterocycles. The van der Waals surface area contributed by atoms with E-state index in [4.69, 9.17) is 10.5 Å². The molecule has 1 aromatic carbocycles. The highest BCUT2D eigenvalue weighted by Gasteiger charge is 2.19. The fourth-order valence-corrected chi connectivity index (χ4v) is 1.72. The van der Waals surface area contributed by atoms with Gasteiger partial charge in [-0.25, -0.2) is 4.79 Å². The summed E-state index contributed by atoms with van der Waals surface area (Å²) in [5.41, 5.74) is 7.71. The molecule has 0 fully saturated rings. The van der Waals surface area contributed by atoms with Gasteiger partial charge in [-0.2, -0.15) is 4.68 Å². The Morgan fingerprint density at radius 1 is 1.35 bits per heavy atom. The van der Waals surface area contributed by atoms with Gasteiger partial charge in [0.05, 0.1) is 12.3 Å². The third-order valence-electron chi connectivity index (χ3n) is 2.78. The lowest BCUT2D eigenvalue weighted by atomic mass is 10.2. The van der Waals surface area contributed by atoms with Crippen molar-refractivity contribution in [2.45, 2.75) is 6.92 Å². The van der Waals surface area contributed by atoms with Crippen molar-refractivity contribution < 1.29 is 9.53 Å². The summed E-state index contributed by atoms with van der Waals surface area (Å²) in [4.78, 5) is 13.6. The zero-order valence-corrected chi connectivity index (χ0v) is 11.7. The highest BCUT2D eigenvalue weighted by molar-refractivity contribution is 5.92. The van der Waals surface area contributed by atoms with Crippen LogP contribution in [0.2, 0.25) is 0 Å². The molecule has 0 amide bonds. The number of rotatable bonds is 4. The van der Waals surface area contributed by atoms with Crippen LogP contribution in [0.4, 0.5) is 11.5 Å². The molecule has 2 aromatic rings. The van der Waals surface area contributed by atoms with Crippen molar-refractivity contribution >= 4 is 17.5 Å². The summed E-state index contributed by atoms with van der Waals surface area (Å²) in [5, 5.41) is 7.66. The van der Waals surface area contributed by atoms with E-state index in [9.17, 15) is 4.79 Å². The maximum Gasteiger partial charge on any atom is 0.362 e. The number of aromatic nitrogens is 3. The monoisotopic (exact) mass is 275 g/mol. The summed E-state index contributed by atoms with van der Waals surface area (Å²) in [5.74, 6) is -0.401. The average Bonchev–Trinajstić information content (AvgIpc) is 2.81. The summed E-state index contributed by atoms with van der Waals surface area (Å²) in [6.07, 6.45) is 0. The van der Waals surface area contributed by atoms with E-state index < -0.39 is 5.97 Å². The molecule has 1 aromatic heterocycles. The van der Waals surface area contributed by atoms with Crippen LogP contribution in [0.1, 0.15) is 17.4 Å². The van der Waals surface area contributed by atoms with Gasteiger partial charge in [-0.1, -0.05) is 5.21 Å². The Hall–Kier alpha value is -2.57. The van der Waals surface area contributed by atoms with Crippen LogP contribution in [0.3, 0.4) is 0 Å². The number of anilines is 2. The molecule has 1 heterocycles. The molecule has 2 N–H and O–H groups in total. The summed E-state index contributed by atoms with van der Waals surface area (Å²) in [6, 6.07) is 7.57. The molecule has 0 aliphatic carbocycles. The highest BCUT2D eigenvalue weighted by Crippen LogP contribution is 2.19. The molecule has 7 heteroatoms. The van der Waals surface area contributed by atoms with Gasteiger partial charge < -0.3 is 15.4 Å². The third kappa shape index (κ3) is 2.56. The Morgan fingerprint density at radius 2 is 2.00 bits per heavy atom. The molecule has 2 rings (SSSR count). The zero-order chi connectivity index (χ0) is 14.7. The summed E-state index contributed by atoms with van der Waals surface area (Å²) in [7, 11) is 3.91. The van der Waals surface area contributed by atoms with Crippen LogP contribution in [0, 0.1) is 0 Å². The van der Waals surface area contributed by atoms with Crippen LogP contribution in [0.5, 0.6) is 0 Å². The number of esters is 1. The van der Waals surface area contributed by atoms with E-state index in [2.05, 4.69) is 10.3 Å². The molecule has 0 aliphatic rings. The van der Waals surface area contributed by atoms with E-state index in [1.165, 1.54) is 4.68 Å². The Balaban J connectivity index is 2.32.